The maximum Gasteiger partial charge on any atom is 0.257 e. The van der Waals surface area contributed by atoms with Crippen molar-refractivity contribution in [1.82, 2.24) is 9.80 Å². The first-order valence-corrected chi connectivity index (χ1v) is 11.9. The molecule has 1 heterocycles. The number of carbonyl (C=O) groups excluding carboxylic acids is 2. The van der Waals surface area contributed by atoms with Crippen LogP contribution in [0.3, 0.4) is 0 Å². The molecule has 0 saturated heterocycles. The zero-order valence-electron chi connectivity index (χ0n) is 20.2. The van der Waals surface area contributed by atoms with E-state index in [4.69, 9.17) is 9.47 Å². The molecule has 3 atom stereocenters. The molecule has 178 valence electrons. The molecule has 0 aromatic heterocycles. The fourth-order valence-electron chi connectivity index (χ4n) is 4.44. The Morgan fingerprint density at radius 1 is 1.25 bits per heavy atom. The van der Waals surface area contributed by atoms with Crippen LogP contribution in [-0.2, 0) is 9.53 Å². The van der Waals surface area contributed by atoms with Gasteiger partial charge < -0.3 is 19.7 Å². The number of anilines is 1. The Labute approximate surface area is 192 Å². The highest BCUT2D eigenvalue weighted by Gasteiger charge is 2.29. The van der Waals surface area contributed by atoms with Crippen molar-refractivity contribution in [2.75, 3.05) is 45.7 Å². The van der Waals surface area contributed by atoms with Crippen molar-refractivity contribution < 1.29 is 19.1 Å². The minimum Gasteiger partial charge on any atom is -0.491 e. The zero-order chi connectivity index (χ0) is 23.3. The van der Waals surface area contributed by atoms with Gasteiger partial charge in [0.05, 0.1) is 11.7 Å². The SMILES string of the molecule is CCCN1C[C@@H](C)[C@@H](OC)CN(C)C(=O)c2cc(NC(=O)C3CCC3)ccc2OC[C@H]1C. The van der Waals surface area contributed by atoms with Gasteiger partial charge in [0.25, 0.3) is 5.91 Å². The van der Waals surface area contributed by atoms with Crippen molar-refractivity contribution in [2.45, 2.75) is 58.6 Å². The van der Waals surface area contributed by atoms with Gasteiger partial charge in [-0.3, -0.25) is 14.5 Å². The number of nitrogens with zero attached hydrogens (tertiary/aromatic N) is 2. The Balaban J connectivity index is 1.89. The molecule has 3 rings (SSSR count). The first kappa shape index (κ1) is 24.5. The van der Waals surface area contributed by atoms with Gasteiger partial charge in [-0.05, 0) is 56.8 Å². The van der Waals surface area contributed by atoms with Crippen molar-refractivity contribution in [1.29, 1.82) is 0 Å². The molecular weight excluding hydrogens is 406 g/mol. The largest absolute Gasteiger partial charge is 0.491 e. The van der Waals surface area contributed by atoms with Gasteiger partial charge in [-0.1, -0.05) is 20.3 Å². The minimum absolute atomic E-state index is 0.0307. The van der Waals surface area contributed by atoms with Gasteiger partial charge in [-0.15, -0.1) is 0 Å². The lowest BCUT2D eigenvalue weighted by Gasteiger charge is -2.36. The summed E-state index contributed by atoms with van der Waals surface area (Å²) in [6.07, 6.45) is 3.97. The Morgan fingerprint density at radius 2 is 2.00 bits per heavy atom. The van der Waals surface area contributed by atoms with E-state index < -0.39 is 0 Å². The molecule has 0 unspecified atom stereocenters. The van der Waals surface area contributed by atoms with Crippen LogP contribution in [0.4, 0.5) is 5.69 Å². The Kier molecular flexibility index (Phi) is 8.54. The summed E-state index contributed by atoms with van der Waals surface area (Å²) >= 11 is 0. The molecule has 7 nitrogen and oxygen atoms in total. The number of benzene rings is 1. The van der Waals surface area contributed by atoms with Crippen LogP contribution in [0.25, 0.3) is 0 Å². The first-order valence-electron chi connectivity index (χ1n) is 11.9. The van der Waals surface area contributed by atoms with Crippen molar-refractivity contribution >= 4 is 17.5 Å². The van der Waals surface area contributed by atoms with E-state index in [0.717, 1.165) is 38.8 Å². The second-order valence-electron chi connectivity index (χ2n) is 9.42. The van der Waals surface area contributed by atoms with Crippen LogP contribution in [0.2, 0.25) is 0 Å². The van der Waals surface area contributed by atoms with E-state index in [1.54, 1.807) is 31.2 Å². The normalized spacial score (nSPS) is 25.7. The van der Waals surface area contributed by atoms with E-state index in [-0.39, 0.29) is 35.8 Å². The van der Waals surface area contributed by atoms with E-state index in [1.165, 1.54) is 0 Å². The van der Waals surface area contributed by atoms with Gasteiger partial charge in [0, 0.05) is 44.9 Å². The fourth-order valence-corrected chi connectivity index (χ4v) is 4.44. The van der Waals surface area contributed by atoms with Crippen LogP contribution in [0.1, 0.15) is 56.8 Å². The number of hydrogen-bond donors (Lipinski definition) is 1. The molecule has 1 N–H and O–H groups in total. The maximum absolute atomic E-state index is 13.4. The summed E-state index contributed by atoms with van der Waals surface area (Å²) < 4.78 is 12.0. The summed E-state index contributed by atoms with van der Waals surface area (Å²) in [5.41, 5.74) is 1.10. The van der Waals surface area contributed by atoms with Gasteiger partial charge in [0.1, 0.15) is 12.4 Å². The van der Waals surface area contributed by atoms with E-state index >= 15 is 0 Å². The number of likely N-dealkylation sites (N-methyl/N-ethyl adjacent to an activating group) is 1. The van der Waals surface area contributed by atoms with E-state index in [1.807, 2.05) is 6.07 Å². The Hall–Kier alpha value is -2.12. The molecule has 1 aliphatic carbocycles. The minimum atomic E-state index is -0.132. The predicted molar refractivity (Wildman–Crippen MR) is 126 cm³/mol. The molecule has 1 aromatic carbocycles. The fraction of sp³-hybridized carbons (Fsp3) is 0.680. The molecule has 2 aliphatic rings. The smallest absolute Gasteiger partial charge is 0.257 e. The summed E-state index contributed by atoms with van der Waals surface area (Å²) in [4.78, 5) is 29.9. The summed E-state index contributed by atoms with van der Waals surface area (Å²) in [5, 5.41) is 2.98. The topological polar surface area (TPSA) is 71.1 Å². The van der Waals surface area contributed by atoms with Gasteiger partial charge in [0.2, 0.25) is 5.91 Å². The van der Waals surface area contributed by atoms with Gasteiger partial charge in [0.15, 0.2) is 0 Å². The van der Waals surface area contributed by atoms with Crippen LogP contribution >= 0.6 is 0 Å². The van der Waals surface area contributed by atoms with Crippen LogP contribution < -0.4 is 10.1 Å². The predicted octanol–water partition coefficient (Wildman–Crippen LogP) is 3.64. The maximum atomic E-state index is 13.4. The highest BCUT2D eigenvalue weighted by molar-refractivity contribution is 5.99. The summed E-state index contributed by atoms with van der Waals surface area (Å²) in [6, 6.07) is 5.57. The number of ether oxygens (including phenoxy) is 2. The lowest BCUT2D eigenvalue weighted by molar-refractivity contribution is -0.122. The Morgan fingerprint density at radius 3 is 2.62 bits per heavy atom. The van der Waals surface area contributed by atoms with Crippen LogP contribution in [0.15, 0.2) is 18.2 Å². The molecule has 0 radical (unpaired) electrons. The third-order valence-corrected chi connectivity index (χ3v) is 6.83. The van der Waals surface area contributed by atoms with Crippen molar-refractivity contribution in [3.63, 3.8) is 0 Å². The molecule has 32 heavy (non-hydrogen) atoms. The third kappa shape index (κ3) is 5.81. The number of rotatable bonds is 5. The van der Waals surface area contributed by atoms with Gasteiger partial charge >= 0.3 is 0 Å². The van der Waals surface area contributed by atoms with Gasteiger partial charge in [-0.25, -0.2) is 0 Å². The molecule has 1 aromatic rings. The molecule has 2 amide bonds. The van der Waals surface area contributed by atoms with E-state index in [0.29, 0.717) is 30.2 Å². The van der Waals surface area contributed by atoms with Crippen LogP contribution in [0, 0.1) is 11.8 Å². The number of carbonyl (C=O) groups is 2. The Bertz CT molecular complexity index is 795. The average molecular weight is 446 g/mol. The standard InChI is InChI=1S/C25H39N3O4/c1-6-12-28-14-17(2)23(31-5)15-27(4)25(30)21-13-20(26-24(29)19-8-7-9-19)10-11-22(21)32-16-18(28)3/h10-11,13,17-19,23H,6-9,12,14-16H2,1-5H3,(H,26,29)/t17-,18-,23+/m1/s1. The van der Waals surface area contributed by atoms with Gasteiger partial charge in [-0.2, -0.15) is 0 Å². The number of hydrogen-bond acceptors (Lipinski definition) is 5. The lowest BCUT2D eigenvalue weighted by atomic mass is 9.85. The molecule has 0 spiro atoms. The number of nitrogens with one attached hydrogen (secondary N) is 1. The second kappa shape index (κ2) is 11.1. The zero-order valence-corrected chi connectivity index (χ0v) is 20.2. The van der Waals surface area contributed by atoms with Crippen molar-refractivity contribution in [3.05, 3.63) is 23.8 Å². The second-order valence-corrected chi connectivity index (χ2v) is 9.42. The lowest BCUT2D eigenvalue weighted by Crippen LogP contribution is -2.46. The molecule has 0 bridgehead atoms. The molecule has 7 heteroatoms. The third-order valence-electron chi connectivity index (χ3n) is 6.83. The van der Waals surface area contributed by atoms with E-state index in [2.05, 4.69) is 31.0 Å². The monoisotopic (exact) mass is 445 g/mol. The molecule has 1 saturated carbocycles. The van der Waals surface area contributed by atoms with Crippen LogP contribution in [-0.4, -0.2) is 74.2 Å². The number of fused-ring (bicyclic) bond motifs is 1. The average Bonchev–Trinajstić information content (AvgIpc) is 2.73. The molecule has 1 aliphatic heterocycles. The molecule has 1 fully saturated rings. The highest BCUT2D eigenvalue weighted by atomic mass is 16.5. The quantitative estimate of drug-likeness (QED) is 0.749. The molecular formula is C25H39N3O4. The van der Waals surface area contributed by atoms with E-state index in [9.17, 15) is 9.59 Å². The van der Waals surface area contributed by atoms with Crippen LogP contribution in [0.5, 0.6) is 5.75 Å². The summed E-state index contributed by atoms with van der Waals surface area (Å²) in [5.74, 6) is 0.793. The highest BCUT2D eigenvalue weighted by Crippen LogP contribution is 2.30. The van der Waals surface area contributed by atoms with Crippen molar-refractivity contribution in [2.24, 2.45) is 11.8 Å². The number of amides is 2. The number of methoxy groups -OCH3 is 1. The van der Waals surface area contributed by atoms with Crippen molar-refractivity contribution in [3.8, 4) is 5.75 Å². The summed E-state index contributed by atoms with van der Waals surface area (Å²) in [6.45, 7) is 9.37. The summed E-state index contributed by atoms with van der Waals surface area (Å²) in [7, 11) is 3.51. The first-order chi connectivity index (χ1) is 15.3.